The molecule has 1 atom stereocenters. The van der Waals surface area contributed by atoms with E-state index in [-0.39, 0.29) is 11.7 Å². The summed E-state index contributed by atoms with van der Waals surface area (Å²) >= 11 is 0. The zero-order valence-corrected chi connectivity index (χ0v) is 15.4. The number of nitrogens with zero attached hydrogens (tertiary/aromatic N) is 4. The zero-order valence-electron chi connectivity index (χ0n) is 15.4. The Hall–Kier alpha value is -2.57. The summed E-state index contributed by atoms with van der Waals surface area (Å²) < 4.78 is 21.0. The van der Waals surface area contributed by atoms with Crippen LogP contribution in [0.15, 0.2) is 54.6 Å². The highest BCUT2D eigenvalue weighted by Gasteiger charge is 2.30. The van der Waals surface area contributed by atoms with E-state index in [1.807, 2.05) is 42.1 Å². The van der Waals surface area contributed by atoms with Gasteiger partial charge >= 0.3 is 0 Å². The number of rotatable bonds is 6. The summed E-state index contributed by atoms with van der Waals surface area (Å²) in [7, 11) is 1.94. The second kappa shape index (κ2) is 7.98. The third-order valence-electron chi connectivity index (χ3n) is 4.93. The van der Waals surface area contributed by atoms with Crippen LogP contribution in [0.5, 0.6) is 0 Å². The first-order chi connectivity index (χ1) is 13.2. The highest BCUT2D eigenvalue weighted by molar-refractivity contribution is 5.22. The Kier molecular flexibility index (Phi) is 5.27. The van der Waals surface area contributed by atoms with Crippen molar-refractivity contribution in [2.45, 2.75) is 25.6 Å². The maximum atomic E-state index is 13.2. The van der Waals surface area contributed by atoms with Crippen LogP contribution in [0, 0.1) is 5.82 Å². The molecule has 27 heavy (non-hydrogen) atoms. The number of fused-ring (bicyclic) bond motifs is 1. The molecule has 4 rings (SSSR count). The standard InChI is InChI=1S/C21H23FN4O/c1-25-21-18(15-27-14-17-5-3-2-4-6-17)12-26(13-20(21)23-24-25)11-16-7-9-19(22)10-8-16/h2-10,18H,11-15H2,1H3. The molecule has 0 N–H and O–H groups in total. The minimum Gasteiger partial charge on any atom is -0.376 e. The van der Waals surface area contributed by atoms with E-state index < -0.39 is 0 Å². The molecule has 0 aliphatic carbocycles. The normalized spacial score (nSPS) is 17.0. The first-order valence-electron chi connectivity index (χ1n) is 9.16. The summed E-state index contributed by atoms with van der Waals surface area (Å²) in [5.41, 5.74) is 4.41. The monoisotopic (exact) mass is 366 g/mol. The minimum absolute atomic E-state index is 0.206. The highest BCUT2D eigenvalue weighted by Crippen LogP contribution is 2.28. The van der Waals surface area contributed by atoms with Gasteiger partial charge in [0.25, 0.3) is 0 Å². The second-order valence-corrected chi connectivity index (χ2v) is 7.04. The third-order valence-corrected chi connectivity index (χ3v) is 4.93. The molecule has 0 bridgehead atoms. The van der Waals surface area contributed by atoms with Gasteiger partial charge in [-0.2, -0.15) is 0 Å². The Balaban J connectivity index is 1.44. The van der Waals surface area contributed by atoms with Crippen molar-refractivity contribution in [2.24, 2.45) is 7.05 Å². The van der Waals surface area contributed by atoms with Crippen LogP contribution in [0.25, 0.3) is 0 Å². The average molecular weight is 366 g/mol. The molecular formula is C21H23FN4O. The first-order valence-corrected chi connectivity index (χ1v) is 9.16. The Morgan fingerprint density at radius 2 is 1.85 bits per heavy atom. The number of hydrogen-bond acceptors (Lipinski definition) is 4. The molecule has 5 nitrogen and oxygen atoms in total. The third kappa shape index (κ3) is 4.23. The van der Waals surface area contributed by atoms with Gasteiger partial charge in [-0.15, -0.1) is 5.10 Å². The van der Waals surface area contributed by atoms with Gasteiger partial charge in [0.05, 0.1) is 18.9 Å². The molecule has 0 spiro atoms. The van der Waals surface area contributed by atoms with Crippen LogP contribution in [-0.4, -0.2) is 33.0 Å². The molecule has 0 saturated carbocycles. The van der Waals surface area contributed by atoms with E-state index >= 15 is 0 Å². The van der Waals surface area contributed by atoms with Crippen molar-refractivity contribution in [3.8, 4) is 0 Å². The molecule has 1 aliphatic heterocycles. The predicted octanol–water partition coefficient (Wildman–Crippen LogP) is 3.27. The van der Waals surface area contributed by atoms with E-state index in [0.717, 1.165) is 36.6 Å². The number of aromatic nitrogens is 3. The fourth-order valence-corrected chi connectivity index (χ4v) is 3.69. The van der Waals surface area contributed by atoms with Crippen LogP contribution in [0.2, 0.25) is 0 Å². The van der Waals surface area contributed by atoms with Gasteiger partial charge in [-0.3, -0.25) is 9.58 Å². The Labute approximate surface area is 158 Å². The molecule has 0 amide bonds. The quantitative estimate of drug-likeness (QED) is 0.672. The predicted molar refractivity (Wildman–Crippen MR) is 100 cm³/mol. The van der Waals surface area contributed by atoms with Crippen LogP contribution >= 0.6 is 0 Å². The summed E-state index contributed by atoms with van der Waals surface area (Å²) in [6.07, 6.45) is 0. The van der Waals surface area contributed by atoms with Crippen LogP contribution in [0.3, 0.4) is 0 Å². The van der Waals surface area contributed by atoms with Crippen molar-refractivity contribution in [3.63, 3.8) is 0 Å². The van der Waals surface area contributed by atoms with Crippen molar-refractivity contribution in [1.82, 2.24) is 19.9 Å². The summed E-state index contributed by atoms with van der Waals surface area (Å²) in [6.45, 7) is 3.57. The lowest BCUT2D eigenvalue weighted by molar-refractivity contribution is 0.0830. The van der Waals surface area contributed by atoms with Crippen molar-refractivity contribution in [1.29, 1.82) is 0 Å². The van der Waals surface area contributed by atoms with E-state index in [2.05, 4.69) is 27.3 Å². The Morgan fingerprint density at radius 1 is 1.07 bits per heavy atom. The number of aryl methyl sites for hydroxylation is 1. The van der Waals surface area contributed by atoms with Gasteiger partial charge in [0.2, 0.25) is 0 Å². The van der Waals surface area contributed by atoms with Crippen molar-refractivity contribution in [2.75, 3.05) is 13.2 Å². The van der Waals surface area contributed by atoms with Gasteiger partial charge in [0.15, 0.2) is 0 Å². The summed E-state index contributed by atoms with van der Waals surface area (Å²) in [4.78, 5) is 2.32. The lowest BCUT2D eigenvalue weighted by Gasteiger charge is -2.32. The van der Waals surface area contributed by atoms with E-state index in [0.29, 0.717) is 13.2 Å². The van der Waals surface area contributed by atoms with E-state index in [9.17, 15) is 4.39 Å². The number of benzene rings is 2. The molecule has 1 unspecified atom stereocenters. The number of ether oxygens (including phenoxy) is 1. The van der Waals surface area contributed by atoms with Crippen LogP contribution in [0.1, 0.15) is 28.4 Å². The van der Waals surface area contributed by atoms with Crippen LogP contribution in [0.4, 0.5) is 4.39 Å². The molecule has 1 aromatic heterocycles. The fraction of sp³-hybridized carbons (Fsp3) is 0.333. The van der Waals surface area contributed by atoms with Crippen LogP contribution in [-0.2, 0) is 31.5 Å². The molecule has 3 aromatic rings. The van der Waals surface area contributed by atoms with Gasteiger partial charge in [0.1, 0.15) is 11.5 Å². The zero-order chi connectivity index (χ0) is 18.6. The summed E-state index contributed by atoms with van der Waals surface area (Å²) in [5.74, 6) is -0.00120. The maximum absolute atomic E-state index is 13.2. The highest BCUT2D eigenvalue weighted by atomic mass is 19.1. The van der Waals surface area contributed by atoms with Crippen molar-refractivity contribution < 1.29 is 9.13 Å². The van der Waals surface area contributed by atoms with Gasteiger partial charge in [-0.05, 0) is 23.3 Å². The van der Waals surface area contributed by atoms with E-state index in [1.165, 1.54) is 17.7 Å². The van der Waals surface area contributed by atoms with E-state index in [4.69, 9.17) is 4.74 Å². The average Bonchev–Trinajstić information content (AvgIpc) is 3.05. The molecule has 6 heteroatoms. The Bertz CT molecular complexity index is 879. The van der Waals surface area contributed by atoms with Gasteiger partial charge < -0.3 is 4.74 Å². The lowest BCUT2D eigenvalue weighted by Crippen LogP contribution is -2.36. The molecule has 140 valence electrons. The smallest absolute Gasteiger partial charge is 0.123 e. The maximum Gasteiger partial charge on any atom is 0.123 e. The van der Waals surface area contributed by atoms with Gasteiger partial charge in [-0.1, -0.05) is 47.7 Å². The second-order valence-electron chi connectivity index (χ2n) is 7.04. The summed E-state index contributed by atoms with van der Waals surface area (Å²) in [6, 6.07) is 16.9. The fourth-order valence-electron chi connectivity index (χ4n) is 3.69. The van der Waals surface area contributed by atoms with Crippen molar-refractivity contribution >= 4 is 0 Å². The minimum atomic E-state index is -0.208. The molecule has 0 saturated heterocycles. The summed E-state index contributed by atoms with van der Waals surface area (Å²) in [5, 5.41) is 8.54. The number of hydrogen-bond donors (Lipinski definition) is 0. The topological polar surface area (TPSA) is 43.2 Å². The van der Waals surface area contributed by atoms with Gasteiger partial charge in [-0.25, -0.2) is 4.39 Å². The lowest BCUT2D eigenvalue weighted by atomic mass is 9.98. The SMILES string of the molecule is Cn1nnc2c1C(COCc1ccccc1)CN(Cc1ccc(F)cc1)C2. The molecular weight excluding hydrogens is 343 g/mol. The molecule has 2 aromatic carbocycles. The molecule has 0 fully saturated rings. The first kappa shape index (κ1) is 17.8. The van der Waals surface area contributed by atoms with Crippen LogP contribution < -0.4 is 0 Å². The molecule has 0 radical (unpaired) electrons. The van der Waals surface area contributed by atoms with Gasteiger partial charge in [0, 0.05) is 32.6 Å². The molecule has 2 heterocycles. The largest absolute Gasteiger partial charge is 0.376 e. The number of halogens is 1. The van der Waals surface area contributed by atoms with Crippen molar-refractivity contribution in [3.05, 3.63) is 82.9 Å². The molecule has 1 aliphatic rings. The van der Waals surface area contributed by atoms with E-state index in [1.54, 1.807) is 0 Å². The Morgan fingerprint density at radius 3 is 2.63 bits per heavy atom.